The molecule has 0 radical (unpaired) electrons. The first-order valence-electron chi connectivity index (χ1n) is 8.69. The summed E-state index contributed by atoms with van der Waals surface area (Å²) >= 11 is 11.9. The molecule has 10 heteroatoms. The Bertz CT molecular complexity index is 1390. The van der Waals surface area contributed by atoms with Gasteiger partial charge in [-0.15, -0.1) is 0 Å². The van der Waals surface area contributed by atoms with Gasteiger partial charge in [-0.2, -0.15) is 0 Å². The summed E-state index contributed by atoms with van der Waals surface area (Å²) in [6, 6.07) is 4.67. The first-order chi connectivity index (χ1) is 14.1. The number of aromatic nitrogens is 2. The minimum Gasteiger partial charge on any atom is -0.361 e. The fourth-order valence-electron chi connectivity index (χ4n) is 3.45. The van der Waals surface area contributed by atoms with Crippen LogP contribution in [0.5, 0.6) is 0 Å². The Morgan fingerprint density at radius 2 is 1.80 bits per heavy atom. The van der Waals surface area contributed by atoms with Crippen LogP contribution in [0.4, 0.5) is 8.78 Å². The predicted molar refractivity (Wildman–Crippen MR) is 111 cm³/mol. The first-order valence-corrected chi connectivity index (χ1v) is 11.1. The lowest BCUT2D eigenvalue weighted by Crippen LogP contribution is -2.06. The Labute approximate surface area is 180 Å². The van der Waals surface area contributed by atoms with E-state index in [1.165, 1.54) is 6.20 Å². The number of nitrogens with zero attached hydrogens (tertiary/aromatic N) is 1. The molecule has 0 saturated carbocycles. The SMILES string of the molecule is Cc1noc(C)c1-c1c(Cl)ccc2c(S(=O)(=O)Cc3cc(F)c(Cl)cc3F)c[nH]c12. The zero-order valence-electron chi connectivity index (χ0n) is 15.7. The number of nitrogens with one attached hydrogen (secondary N) is 1. The molecule has 0 atom stereocenters. The van der Waals surface area contributed by atoms with E-state index in [2.05, 4.69) is 10.1 Å². The Kier molecular flexibility index (Phi) is 5.12. The van der Waals surface area contributed by atoms with Gasteiger partial charge in [0.1, 0.15) is 17.4 Å². The van der Waals surface area contributed by atoms with Crippen LogP contribution in [0.3, 0.4) is 0 Å². The molecular formula is C20H14Cl2F2N2O3S. The van der Waals surface area contributed by atoms with E-state index in [9.17, 15) is 17.2 Å². The maximum absolute atomic E-state index is 14.1. The Morgan fingerprint density at radius 1 is 1.07 bits per heavy atom. The van der Waals surface area contributed by atoms with Gasteiger partial charge in [0.2, 0.25) is 0 Å². The van der Waals surface area contributed by atoms with Crippen molar-refractivity contribution < 1.29 is 21.7 Å². The van der Waals surface area contributed by atoms with E-state index in [1.807, 2.05) is 0 Å². The van der Waals surface area contributed by atoms with Gasteiger partial charge in [0.25, 0.3) is 0 Å². The second kappa shape index (κ2) is 7.37. The third-order valence-corrected chi connectivity index (χ3v) is 7.12. The van der Waals surface area contributed by atoms with Crippen molar-refractivity contribution in [2.75, 3.05) is 0 Å². The molecule has 0 aliphatic rings. The van der Waals surface area contributed by atoms with Gasteiger partial charge in [0.05, 0.1) is 37.5 Å². The van der Waals surface area contributed by atoms with Crippen LogP contribution >= 0.6 is 23.2 Å². The maximum atomic E-state index is 14.1. The van der Waals surface area contributed by atoms with Gasteiger partial charge in [-0.05, 0) is 38.1 Å². The van der Waals surface area contributed by atoms with E-state index in [0.717, 1.165) is 12.1 Å². The number of halogens is 4. The molecule has 1 N–H and O–H groups in total. The number of hydrogen-bond donors (Lipinski definition) is 1. The van der Waals surface area contributed by atoms with Crippen molar-refractivity contribution in [3.8, 4) is 11.1 Å². The fraction of sp³-hybridized carbons (Fsp3) is 0.150. The molecule has 0 bridgehead atoms. The van der Waals surface area contributed by atoms with Gasteiger partial charge in [-0.1, -0.05) is 28.4 Å². The molecule has 0 saturated heterocycles. The molecule has 5 nitrogen and oxygen atoms in total. The highest BCUT2D eigenvalue weighted by molar-refractivity contribution is 7.90. The number of sulfone groups is 1. The molecule has 0 spiro atoms. The normalized spacial score (nSPS) is 12.1. The second-order valence-corrected chi connectivity index (χ2v) is 9.59. The van der Waals surface area contributed by atoms with Crippen molar-refractivity contribution in [2.45, 2.75) is 24.5 Å². The molecule has 30 heavy (non-hydrogen) atoms. The largest absolute Gasteiger partial charge is 0.361 e. The molecule has 156 valence electrons. The molecule has 0 fully saturated rings. The van der Waals surface area contributed by atoms with Crippen LogP contribution < -0.4 is 0 Å². The molecule has 2 aromatic carbocycles. The molecule has 2 heterocycles. The summed E-state index contributed by atoms with van der Waals surface area (Å²) in [6.45, 7) is 3.47. The van der Waals surface area contributed by atoms with Crippen molar-refractivity contribution in [1.29, 1.82) is 0 Å². The lowest BCUT2D eigenvalue weighted by Gasteiger charge is -2.08. The summed E-state index contributed by atoms with van der Waals surface area (Å²) in [5.41, 5.74) is 1.96. The minimum absolute atomic E-state index is 0.0584. The average molecular weight is 471 g/mol. The van der Waals surface area contributed by atoms with Gasteiger partial charge >= 0.3 is 0 Å². The highest BCUT2D eigenvalue weighted by Gasteiger charge is 2.26. The lowest BCUT2D eigenvalue weighted by atomic mass is 10.0. The van der Waals surface area contributed by atoms with E-state index in [4.69, 9.17) is 27.7 Å². The number of aryl methyl sites for hydroxylation is 2. The van der Waals surface area contributed by atoms with Crippen molar-refractivity contribution in [2.24, 2.45) is 0 Å². The smallest absolute Gasteiger partial charge is 0.184 e. The van der Waals surface area contributed by atoms with E-state index >= 15 is 0 Å². The van der Waals surface area contributed by atoms with Crippen LogP contribution in [0, 0.1) is 25.5 Å². The molecule has 2 aromatic heterocycles. The van der Waals surface area contributed by atoms with Gasteiger partial charge in [-0.25, -0.2) is 17.2 Å². The van der Waals surface area contributed by atoms with Crippen molar-refractivity contribution in [3.05, 3.63) is 69.2 Å². The number of hydrogen-bond acceptors (Lipinski definition) is 4. The van der Waals surface area contributed by atoms with Crippen LogP contribution in [-0.4, -0.2) is 18.6 Å². The van der Waals surface area contributed by atoms with E-state index in [1.54, 1.807) is 26.0 Å². The van der Waals surface area contributed by atoms with E-state index in [-0.39, 0.29) is 10.5 Å². The van der Waals surface area contributed by atoms with Crippen LogP contribution in [0.1, 0.15) is 17.0 Å². The van der Waals surface area contributed by atoms with E-state index in [0.29, 0.717) is 38.5 Å². The number of aromatic amines is 1. The Morgan fingerprint density at radius 3 is 2.47 bits per heavy atom. The van der Waals surface area contributed by atoms with Gasteiger partial charge in [-0.3, -0.25) is 0 Å². The first kappa shape index (κ1) is 20.8. The summed E-state index contributed by atoms with van der Waals surface area (Å²) in [7, 11) is -4.03. The number of fused-ring (bicyclic) bond motifs is 1. The molecule has 4 rings (SSSR count). The standard InChI is InChI=1S/C20H14Cl2F2N2O3S/c1-9-18(10(2)29-26-9)19-13(21)4-3-12-17(7-25-20(12)19)30(27,28)8-11-5-16(24)14(22)6-15(11)23/h3-7,25H,8H2,1-2H3. The summed E-state index contributed by atoms with van der Waals surface area (Å²) in [4.78, 5) is 2.89. The van der Waals surface area contributed by atoms with Gasteiger partial charge < -0.3 is 9.51 Å². The number of rotatable bonds is 4. The van der Waals surface area contributed by atoms with Crippen molar-refractivity contribution >= 4 is 43.9 Å². The molecular weight excluding hydrogens is 457 g/mol. The quantitative estimate of drug-likeness (QED) is 0.371. The fourth-order valence-corrected chi connectivity index (χ4v) is 5.38. The summed E-state index contributed by atoms with van der Waals surface area (Å²) in [6.07, 6.45) is 1.31. The topological polar surface area (TPSA) is 76.0 Å². The summed E-state index contributed by atoms with van der Waals surface area (Å²) in [5.74, 6) is -2.00. The minimum atomic E-state index is -4.03. The van der Waals surface area contributed by atoms with Gasteiger partial charge in [0.15, 0.2) is 9.84 Å². The third kappa shape index (κ3) is 3.38. The van der Waals surface area contributed by atoms with Crippen LogP contribution in [0.25, 0.3) is 22.0 Å². The lowest BCUT2D eigenvalue weighted by molar-refractivity contribution is 0.393. The van der Waals surface area contributed by atoms with Crippen LogP contribution in [0.2, 0.25) is 10.0 Å². The monoisotopic (exact) mass is 470 g/mol. The maximum Gasteiger partial charge on any atom is 0.184 e. The zero-order valence-corrected chi connectivity index (χ0v) is 18.0. The van der Waals surface area contributed by atoms with Gasteiger partial charge in [0, 0.05) is 22.7 Å². The summed E-state index contributed by atoms with van der Waals surface area (Å²) < 4.78 is 59.2. The zero-order chi connectivity index (χ0) is 21.8. The highest BCUT2D eigenvalue weighted by atomic mass is 35.5. The van der Waals surface area contributed by atoms with Crippen LogP contribution in [-0.2, 0) is 15.6 Å². The predicted octanol–water partition coefficient (Wildman–Crippen LogP) is 6.00. The highest BCUT2D eigenvalue weighted by Crippen LogP contribution is 2.40. The molecule has 4 aromatic rings. The number of benzene rings is 2. The summed E-state index contributed by atoms with van der Waals surface area (Å²) in [5, 5.41) is 4.25. The Hall–Kier alpha value is -2.42. The van der Waals surface area contributed by atoms with Crippen LogP contribution in [0.15, 0.2) is 39.9 Å². The molecule has 0 aliphatic carbocycles. The van der Waals surface area contributed by atoms with Crippen molar-refractivity contribution in [1.82, 2.24) is 10.1 Å². The Balaban J connectivity index is 1.87. The average Bonchev–Trinajstić information content (AvgIpc) is 3.24. The third-order valence-electron chi connectivity index (χ3n) is 4.82. The van der Waals surface area contributed by atoms with Crippen molar-refractivity contribution in [3.63, 3.8) is 0 Å². The second-order valence-electron chi connectivity index (χ2n) is 6.81. The molecule has 0 amide bonds. The van der Waals surface area contributed by atoms with E-state index < -0.39 is 32.2 Å². The number of H-pyrrole nitrogens is 1. The molecule has 0 unspecified atom stereocenters. The molecule has 0 aliphatic heterocycles.